The highest BCUT2D eigenvalue weighted by atomic mass is 16.4. The molecule has 1 fully saturated rings. The summed E-state index contributed by atoms with van der Waals surface area (Å²) in [4.78, 5) is 37.4. The number of nitrogens with one attached hydrogen (secondary N) is 1. The van der Waals surface area contributed by atoms with Crippen LogP contribution in [0.15, 0.2) is 10.9 Å². The number of pyridine rings is 1. The lowest BCUT2D eigenvalue weighted by atomic mass is 9.89. The third-order valence-corrected chi connectivity index (χ3v) is 5.93. The summed E-state index contributed by atoms with van der Waals surface area (Å²) in [5.41, 5.74) is 0.172. The van der Waals surface area contributed by atoms with E-state index in [9.17, 15) is 19.5 Å². The van der Waals surface area contributed by atoms with E-state index in [1.54, 1.807) is 17.6 Å². The largest absolute Gasteiger partial charge is 0.480 e. The number of nitrogens with zero attached hydrogens (tertiary/aromatic N) is 1. The number of aliphatic carboxylic acids is 1. The normalized spacial score (nSPS) is 17.3. The van der Waals surface area contributed by atoms with E-state index in [2.05, 4.69) is 5.32 Å². The van der Waals surface area contributed by atoms with Gasteiger partial charge < -0.3 is 15.0 Å². The van der Waals surface area contributed by atoms with Gasteiger partial charge in [-0.1, -0.05) is 33.1 Å². The fraction of sp³-hybridized carbons (Fsp3) is 0.667. The Labute approximate surface area is 161 Å². The molecule has 0 saturated heterocycles. The monoisotopic (exact) mass is 376 g/mol. The topological polar surface area (TPSA) is 88.4 Å². The van der Waals surface area contributed by atoms with Gasteiger partial charge in [0.25, 0.3) is 11.5 Å². The van der Waals surface area contributed by atoms with Crippen LogP contribution in [0.1, 0.15) is 80.9 Å². The van der Waals surface area contributed by atoms with Gasteiger partial charge in [0.15, 0.2) is 0 Å². The molecule has 0 radical (unpaired) electrons. The molecule has 1 amide bonds. The number of hydrogen-bond acceptors (Lipinski definition) is 3. The van der Waals surface area contributed by atoms with Crippen molar-refractivity contribution in [2.75, 3.05) is 0 Å². The van der Waals surface area contributed by atoms with Gasteiger partial charge in [0.2, 0.25) is 0 Å². The van der Waals surface area contributed by atoms with Crippen LogP contribution in [0, 0.1) is 12.8 Å². The molecule has 0 aromatic carbocycles. The van der Waals surface area contributed by atoms with Crippen molar-refractivity contribution in [3.05, 3.63) is 33.2 Å². The van der Waals surface area contributed by atoms with Crippen molar-refractivity contribution in [3.63, 3.8) is 0 Å². The molecular formula is C21H32N2O4. The van der Waals surface area contributed by atoms with Crippen molar-refractivity contribution in [3.8, 4) is 0 Å². The fourth-order valence-electron chi connectivity index (χ4n) is 3.91. The second-order valence-corrected chi connectivity index (χ2v) is 7.91. The zero-order valence-electron chi connectivity index (χ0n) is 16.9. The Kier molecular flexibility index (Phi) is 6.84. The maximum absolute atomic E-state index is 13.1. The van der Waals surface area contributed by atoms with Gasteiger partial charge in [0.1, 0.15) is 11.1 Å². The van der Waals surface area contributed by atoms with Crippen molar-refractivity contribution < 1.29 is 14.7 Å². The first-order valence-electron chi connectivity index (χ1n) is 10.0. The molecule has 0 bridgehead atoms. The molecule has 1 aromatic heterocycles. The minimum Gasteiger partial charge on any atom is -0.480 e. The summed E-state index contributed by atoms with van der Waals surface area (Å²) in [5.74, 6) is -1.27. The number of carbonyl (C=O) groups excluding carboxylic acids is 1. The smallest absolute Gasteiger partial charge is 0.329 e. The van der Waals surface area contributed by atoms with Crippen molar-refractivity contribution in [1.29, 1.82) is 0 Å². The summed E-state index contributed by atoms with van der Waals surface area (Å²) in [7, 11) is 0. The Bertz CT molecular complexity index is 762. The maximum Gasteiger partial charge on any atom is 0.329 e. The van der Waals surface area contributed by atoms with Crippen LogP contribution in [0.2, 0.25) is 0 Å². The second kappa shape index (κ2) is 8.72. The highest BCUT2D eigenvalue weighted by molar-refractivity contribution is 5.97. The number of rotatable bonds is 7. The third-order valence-electron chi connectivity index (χ3n) is 5.93. The summed E-state index contributed by atoms with van der Waals surface area (Å²) in [6, 6.07) is 1.60. The van der Waals surface area contributed by atoms with E-state index in [1.165, 1.54) is 26.2 Å². The molecule has 1 atom stereocenters. The number of aryl methyl sites for hydroxylation is 1. The molecular weight excluding hydrogens is 344 g/mol. The Morgan fingerprint density at radius 2 is 1.89 bits per heavy atom. The lowest BCUT2D eigenvalue weighted by molar-refractivity contribution is -0.143. The predicted molar refractivity (Wildman–Crippen MR) is 105 cm³/mol. The number of aromatic nitrogens is 1. The summed E-state index contributed by atoms with van der Waals surface area (Å²) in [5, 5.41) is 12.0. The molecule has 6 heteroatoms. The number of carboxylic acids is 1. The molecule has 1 aliphatic carbocycles. The van der Waals surface area contributed by atoms with Gasteiger partial charge in [-0.2, -0.15) is 0 Å². The summed E-state index contributed by atoms with van der Waals surface area (Å²) in [6.45, 7) is 7.70. The molecule has 1 unspecified atom stereocenters. The Morgan fingerprint density at radius 3 is 2.41 bits per heavy atom. The molecule has 2 rings (SSSR count). The number of hydrogen-bond donors (Lipinski definition) is 2. The quantitative estimate of drug-likeness (QED) is 0.764. The minimum absolute atomic E-state index is 0.0291. The zero-order valence-corrected chi connectivity index (χ0v) is 16.9. The molecule has 150 valence electrons. The average molecular weight is 376 g/mol. The Morgan fingerprint density at radius 1 is 1.26 bits per heavy atom. The SMILES string of the molecule is CCc1c(C)cc(C(=O)NC(C)(CC)C(=O)O)c(=O)n1CC1CCCCC1. The van der Waals surface area contributed by atoms with Crippen LogP contribution >= 0.6 is 0 Å². The average Bonchev–Trinajstić information content (AvgIpc) is 2.65. The number of carboxylic acid groups (broad SMARTS) is 1. The molecule has 1 aliphatic rings. The van der Waals surface area contributed by atoms with E-state index in [0.717, 1.165) is 30.5 Å². The fourth-order valence-corrected chi connectivity index (χ4v) is 3.91. The van der Waals surface area contributed by atoms with Gasteiger partial charge in [-0.25, -0.2) is 4.79 Å². The first-order valence-corrected chi connectivity index (χ1v) is 10.0. The van der Waals surface area contributed by atoms with Crippen LogP contribution in [0.25, 0.3) is 0 Å². The first kappa shape index (κ1) is 21.2. The van der Waals surface area contributed by atoms with E-state index in [-0.39, 0.29) is 17.5 Å². The van der Waals surface area contributed by atoms with Crippen molar-refractivity contribution in [2.24, 2.45) is 5.92 Å². The van der Waals surface area contributed by atoms with Crippen LogP contribution in [-0.2, 0) is 17.8 Å². The summed E-state index contributed by atoms with van der Waals surface area (Å²) < 4.78 is 1.75. The van der Waals surface area contributed by atoms with Gasteiger partial charge in [-0.3, -0.25) is 9.59 Å². The predicted octanol–water partition coefficient (Wildman–Crippen LogP) is 3.28. The van der Waals surface area contributed by atoms with E-state index in [1.807, 2.05) is 13.8 Å². The van der Waals surface area contributed by atoms with Crippen LogP contribution in [-0.4, -0.2) is 27.1 Å². The number of amides is 1. The van der Waals surface area contributed by atoms with Crippen LogP contribution in [0.5, 0.6) is 0 Å². The van der Waals surface area contributed by atoms with Crippen molar-refractivity contribution >= 4 is 11.9 Å². The van der Waals surface area contributed by atoms with Crippen LogP contribution in [0.3, 0.4) is 0 Å². The molecule has 1 saturated carbocycles. The van der Waals surface area contributed by atoms with Crippen LogP contribution in [0.4, 0.5) is 0 Å². The molecule has 1 aromatic rings. The van der Waals surface area contributed by atoms with Gasteiger partial charge in [-0.15, -0.1) is 0 Å². The van der Waals surface area contributed by atoms with E-state index in [4.69, 9.17) is 0 Å². The molecule has 6 nitrogen and oxygen atoms in total. The first-order chi connectivity index (χ1) is 12.7. The summed E-state index contributed by atoms with van der Waals surface area (Å²) in [6.07, 6.45) is 6.79. The van der Waals surface area contributed by atoms with Gasteiger partial charge in [0, 0.05) is 12.2 Å². The van der Waals surface area contributed by atoms with Crippen molar-refractivity contribution in [2.45, 2.75) is 84.7 Å². The molecule has 1 heterocycles. The Balaban J connectivity index is 2.41. The standard InChI is InChI=1S/C21H32N2O4/c1-5-17-14(3)12-16(18(24)22-21(4,6-2)20(26)27)19(25)23(17)13-15-10-8-7-9-11-15/h12,15H,5-11,13H2,1-4H3,(H,22,24)(H,26,27). The molecule has 0 spiro atoms. The zero-order chi connectivity index (χ0) is 20.2. The molecule has 2 N–H and O–H groups in total. The van der Waals surface area contributed by atoms with E-state index in [0.29, 0.717) is 12.5 Å². The highest BCUT2D eigenvalue weighted by Crippen LogP contribution is 2.25. The lowest BCUT2D eigenvalue weighted by Crippen LogP contribution is -2.53. The van der Waals surface area contributed by atoms with Crippen LogP contribution < -0.4 is 10.9 Å². The third kappa shape index (κ3) is 4.60. The van der Waals surface area contributed by atoms with Gasteiger partial charge >= 0.3 is 5.97 Å². The maximum atomic E-state index is 13.1. The Hall–Kier alpha value is -2.11. The molecule has 27 heavy (non-hydrogen) atoms. The van der Waals surface area contributed by atoms with E-state index >= 15 is 0 Å². The summed E-state index contributed by atoms with van der Waals surface area (Å²) >= 11 is 0. The molecule has 0 aliphatic heterocycles. The number of carbonyl (C=O) groups is 2. The highest BCUT2D eigenvalue weighted by Gasteiger charge is 2.34. The lowest BCUT2D eigenvalue weighted by Gasteiger charge is -2.26. The van der Waals surface area contributed by atoms with Gasteiger partial charge in [-0.05, 0) is 57.1 Å². The second-order valence-electron chi connectivity index (χ2n) is 7.91. The van der Waals surface area contributed by atoms with E-state index < -0.39 is 17.4 Å². The minimum atomic E-state index is -1.39. The van der Waals surface area contributed by atoms with Gasteiger partial charge in [0.05, 0.1) is 0 Å². The van der Waals surface area contributed by atoms with Crippen molar-refractivity contribution in [1.82, 2.24) is 9.88 Å².